The third-order valence-corrected chi connectivity index (χ3v) is 6.92. The molecule has 3 N–H and O–H groups in total. The summed E-state index contributed by atoms with van der Waals surface area (Å²) in [5.41, 5.74) is 3.28. The first kappa shape index (κ1) is 21.8. The largest absolute Gasteiger partial charge is 0.309 e. The van der Waals surface area contributed by atoms with Crippen LogP contribution >= 0.6 is 12.4 Å². The fraction of sp³-hybridized carbons (Fsp3) is 0.294. The van der Waals surface area contributed by atoms with E-state index in [-0.39, 0.29) is 36.1 Å². The monoisotopic (exact) mass is 431 g/mol. The Balaban J connectivity index is 0.00000261. The van der Waals surface area contributed by atoms with Crippen LogP contribution in [0.1, 0.15) is 16.7 Å². The van der Waals surface area contributed by atoms with Crippen LogP contribution in [-0.4, -0.2) is 29.1 Å². The van der Waals surface area contributed by atoms with E-state index in [2.05, 4.69) is 14.8 Å². The highest BCUT2D eigenvalue weighted by molar-refractivity contribution is 7.90. The van der Waals surface area contributed by atoms with Gasteiger partial charge in [0.2, 0.25) is 20.0 Å². The second kappa shape index (κ2) is 9.13. The van der Waals surface area contributed by atoms with Crippen molar-refractivity contribution in [1.82, 2.24) is 14.8 Å². The fourth-order valence-electron chi connectivity index (χ4n) is 2.72. The van der Waals surface area contributed by atoms with Gasteiger partial charge in [0.25, 0.3) is 0 Å². The molecule has 0 saturated heterocycles. The van der Waals surface area contributed by atoms with Crippen molar-refractivity contribution in [2.24, 2.45) is 0 Å². The first-order valence-corrected chi connectivity index (χ1v) is 11.3. The Hall–Kier alpha value is -1.49. The molecular weight excluding hydrogens is 410 g/mol. The van der Waals surface area contributed by atoms with Crippen molar-refractivity contribution in [2.45, 2.75) is 24.5 Å². The maximum atomic E-state index is 12.1. The van der Waals surface area contributed by atoms with Crippen molar-refractivity contribution in [1.29, 1.82) is 0 Å². The lowest BCUT2D eigenvalue weighted by atomic mass is 10.1. The summed E-state index contributed by atoms with van der Waals surface area (Å²) in [5, 5.41) is 3.24. The van der Waals surface area contributed by atoms with Gasteiger partial charge in [-0.25, -0.2) is 26.3 Å². The van der Waals surface area contributed by atoms with Gasteiger partial charge < -0.3 is 5.32 Å². The normalized spacial score (nSPS) is 13.8. The maximum absolute atomic E-state index is 12.1. The molecule has 0 saturated carbocycles. The highest BCUT2D eigenvalue weighted by Gasteiger charge is 2.16. The first-order chi connectivity index (χ1) is 12.4. The Morgan fingerprint density at radius 2 is 1.59 bits per heavy atom. The smallest absolute Gasteiger partial charge is 0.240 e. The molecule has 3 rings (SSSR count). The minimum Gasteiger partial charge on any atom is -0.309 e. The summed E-state index contributed by atoms with van der Waals surface area (Å²) < 4.78 is 53.2. The summed E-state index contributed by atoms with van der Waals surface area (Å²) in [5.74, 6) is -0.328. The molecule has 148 valence electrons. The molecule has 0 fully saturated rings. The van der Waals surface area contributed by atoms with Crippen molar-refractivity contribution in [2.75, 3.05) is 12.3 Å². The number of hydrogen-bond acceptors (Lipinski definition) is 5. The summed E-state index contributed by atoms with van der Waals surface area (Å²) in [4.78, 5) is 0.108. The van der Waals surface area contributed by atoms with Crippen LogP contribution in [0.5, 0.6) is 0 Å². The lowest BCUT2D eigenvalue weighted by Gasteiger charge is -2.09. The van der Waals surface area contributed by atoms with E-state index >= 15 is 0 Å². The van der Waals surface area contributed by atoms with Gasteiger partial charge in [0.05, 0.1) is 10.6 Å². The zero-order valence-corrected chi connectivity index (χ0v) is 17.0. The van der Waals surface area contributed by atoms with Crippen LogP contribution in [0.4, 0.5) is 0 Å². The van der Waals surface area contributed by atoms with E-state index < -0.39 is 20.0 Å². The molecule has 0 aromatic heterocycles. The summed E-state index contributed by atoms with van der Waals surface area (Å²) in [7, 11) is -7.30. The van der Waals surface area contributed by atoms with Gasteiger partial charge in [-0.2, -0.15) is 0 Å². The molecule has 27 heavy (non-hydrogen) atoms. The molecule has 0 amide bonds. The van der Waals surface area contributed by atoms with Crippen LogP contribution in [0.15, 0.2) is 53.4 Å². The van der Waals surface area contributed by atoms with E-state index in [9.17, 15) is 16.8 Å². The van der Waals surface area contributed by atoms with Crippen LogP contribution < -0.4 is 14.8 Å². The van der Waals surface area contributed by atoms with Crippen molar-refractivity contribution in [3.05, 3.63) is 65.2 Å². The van der Waals surface area contributed by atoms with Gasteiger partial charge in [0.1, 0.15) is 0 Å². The Morgan fingerprint density at radius 3 is 2.33 bits per heavy atom. The Bertz CT molecular complexity index is 980. The van der Waals surface area contributed by atoms with E-state index in [1.807, 2.05) is 18.2 Å². The number of benzene rings is 2. The van der Waals surface area contributed by atoms with Crippen LogP contribution in [0.2, 0.25) is 0 Å². The van der Waals surface area contributed by atoms with Gasteiger partial charge in [0.15, 0.2) is 0 Å². The molecule has 0 radical (unpaired) electrons. The number of nitrogens with one attached hydrogen (secondary N) is 3. The van der Waals surface area contributed by atoms with Crippen LogP contribution in [0.3, 0.4) is 0 Å². The second-order valence-electron chi connectivity index (χ2n) is 6.06. The molecule has 0 unspecified atom stereocenters. The standard InChI is InChI=1S/C17H21N3O4S2.ClH/c21-25(22,9-8-19-26(23,24)17-4-2-1-3-5-17)20-11-14-6-7-15-12-18-13-16(15)10-14;/h1-7,10,18-20H,8-9,11-13H2;1H. The van der Waals surface area contributed by atoms with Gasteiger partial charge in [0, 0.05) is 26.2 Å². The Kier molecular flexibility index (Phi) is 7.38. The molecule has 0 atom stereocenters. The predicted octanol–water partition coefficient (Wildman–Crippen LogP) is 1.11. The first-order valence-electron chi connectivity index (χ1n) is 8.19. The van der Waals surface area contributed by atoms with Crippen molar-refractivity contribution >= 4 is 32.5 Å². The molecule has 0 bridgehead atoms. The maximum Gasteiger partial charge on any atom is 0.240 e. The third kappa shape index (κ3) is 6.00. The second-order valence-corrected chi connectivity index (χ2v) is 9.75. The number of hydrogen-bond donors (Lipinski definition) is 3. The number of halogens is 1. The summed E-state index contributed by atoms with van der Waals surface area (Å²) >= 11 is 0. The van der Waals surface area contributed by atoms with Gasteiger partial charge in [-0.1, -0.05) is 36.4 Å². The number of rotatable bonds is 8. The van der Waals surface area contributed by atoms with E-state index in [1.165, 1.54) is 23.3 Å². The van der Waals surface area contributed by atoms with Gasteiger partial charge >= 0.3 is 0 Å². The highest BCUT2D eigenvalue weighted by atomic mass is 35.5. The van der Waals surface area contributed by atoms with Crippen LogP contribution in [0, 0.1) is 0 Å². The molecule has 7 nitrogen and oxygen atoms in total. The molecule has 1 heterocycles. The zero-order valence-electron chi connectivity index (χ0n) is 14.5. The number of fused-ring (bicyclic) bond motifs is 1. The average Bonchev–Trinajstić information content (AvgIpc) is 3.08. The van der Waals surface area contributed by atoms with E-state index in [0.717, 1.165) is 18.7 Å². The Morgan fingerprint density at radius 1 is 0.889 bits per heavy atom. The lowest BCUT2D eigenvalue weighted by molar-refractivity contribution is 0.575. The quantitative estimate of drug-likeness (QED) is 0.580. The molecule has 1 aliphatic heterocycles. The van der Waals surface area contributed by atoms with E-state index in [1.54, 1.807) is 18.2 Å². The molecule has 0 aliphatic carbocycles. The topological polar surface area (TPSA) is 104 Å². The van der Waals surface area contributed by atoms with E-state index in [4.69, 9.17) is 0 Å². The summed E-state index contributed by atoms with van der Waals surface area (Å²) in [6, 6.07) is 13.7. The average molecular weight is 432 g/mol. The molecule has 1 aliphatic rings. The van der Waals surface area contributed by atoms with Crippen LogP contribution in [-0.2, 0) is 39.7 Å². The highest BCUT2D eigenvalue weighted by Crippen LogP contribution is 2.17. The van der Waals surface area contributed by atoms with E-state index in [0.29, 0.717) is 0 Å². The molecular formula is C17H22ClN3O4S2. The fourth-order valence-corrected chi connectivity index (χ4v) is 4.80. The molecule has 2 aromatic carbocycles. The van der Waals surface area contributed by atoms with Crippen molar-refractivity contribution < 1.29 is 16.8 Å². The third-order valence-electron chi connectivity index (χ3n) is 4.11. The van der Waals surface area contributed by atoms with Crippen LogP contribution in [0.25, 0.3) is 0 Å². The zero-order chi connectivity index (χ0) is 18.6. The minimum atomic E-state index is -3.71. The summed E-state index contributed by atoms with van der Waals surface area (Å²) in [6.07, 6.45) is 0. The van der Waals surface area contributed by atoms with Gasteiger partial charge in [-0.15, -0.1) is 12.4 Å². The molecule has 2 aromatic rings. The van der Waals surface area contributed by atoms with Crippen molar-refractivity contribution in [3.63, 3.8) is 0 Å². The predicted molar refractivity (Wildman–Crippen MR) is 106 cm³/mol. The lowest BCUT2D eigenvalue weighted by Crippen LogP contribution is -2.34. The SMILES string of the molecule is Cl.O=S(=O)(CCNS(=O)(=O)c1ccccc1)NCc1ccc2c(c1)CNC2. The minimum absolute atomic E-state index is 0. The number of sulfonamides is 2. The summed E-state index contributed by atoms with van der Waals surface area (Å²) in [6.45, 7) is 1.61. The molecule has 10 heteroatoms. The molecule has 0 spiro atoms. The van der Waals surface area contributed by atoms with Crippen molar-refractivity contribution in [3.8, 4) is 0 Å². The Labute approximate surface area is 166 Å². The van der Waals surface area contributed by atoms with Gasteiger partial charge in [-0.05, 0) is 28.8 Å². The van der Waals surface area contributed by atoms with Gasteiger partial charge in [-0.3, -0.25) is 0 Å².